The zero-order valence-electron chi connectivity index (χ0n) is 11.3. The summed E-state index contributed by atoms with van der Waals surface area (Å²) in [4.78, 5) is 34.4. The van der Waals surface area contributed by atoms with Crippen LogP contribution in [-0.2, 0) is 14.3 Å². The molecule has 0 bridgehead atoms. The van der Waals surface area contributed by atoms with Gasteiger partial charge < -0.3 is 25.4 Å². The zero-order chi connectivity index (χ0) is 15.4. The van der Waals surface area contributed by atoms with E-state index in [4.69, 9.17) is 16.3 Å². The second kappa shape index (κ2) is 10.6. The summed E-state index contributed by atoms with van der Waals surface area (Å²) in [6.45, 7) is 0.296. The van der Waals surface area contributed by atoms with Gasteiger partial charge in [0.1, 0.15) is 6.54 Å². The first-order chi connectivity index (χ1) is 9.51. The van der Waals surface area contributed by atoms with Crippen molar-refractivity contribution < 1.29 is 24.2 Å². The van der Waals surface area contributed by atoms with E-state index in [-0.39, 0.29) is 25.4 Å². The fourth-order valence-electron chi connectivity index (χ4n) is 1.25. The summed E-state index contributed by atoms with van der Waals surface area (Å²) in [5.41, 5.74) is 0. The Hall–Kier alpha value is -2.27. The molecule has 0 radical (unpaired) electrons. The largest absolute Gasteiger partial charge is 0.480 e. The van der Waals surface area contributed by atoms with Gasteiger partial charge in [0.2, 0.25) is 5.91 Å². The van der Waals surface area contributed by atoms with E-state index in [0.717, 1.165) is 4.90 Å². The van der Waals surface area contributed by atoms with Gasteiger partial charge in [-0.25, -0.2) is 4.79 Å². The highest BCUT2D eigenvalue weighted by atomic mass is 16.5. The number of ether oxygens (including phenoxy) is 1. The molecule has 0 unspecified atom stereocenters. The summed E-state index contributed by atoms with van der Waals surface area (Å²) in [5.74, 6) is 0.804. The molecule has 0 spiro atoms. The number of carboxylic acid groups (broad SMARTS) is 1. The van der Waals surface area contributed by atoms with Gasteiger partial charge in [0.05, 0.1) is 13.2 Å². The Morgan fingerprint density at radius 2 is 2.00 bits per heavy atom. The van der Waals surface area contributed by atoms with Crippen molar-refractivity contribution in [1.82, 2.24) is 15.5 Å². The number of hydrogen-bond donors (Lipinski definition) is 3. The van der Waals surface area contributed by atoms with Crippen LogP contribution >= 0.6 is 0 Å². The third-order valence-corrected chi connectivity index (χ3v) is 2.15. The van der Waals surface area contributed by atoms with Crippen molar-refractivity contribution in [2.75, 3.05) is 39.9 Å². The number of carbonyl (C=O) groups excluding carboxylic acids is 2. The molecular formula is C12H19N3O5. The minimum Gasteiger partial charge on any atom is -0.480 e. The van der Waals surface area contributed by atoms with Gasteiger partial charge in [-0.3, -0.25) is 9.59 Å². The molecule has 8 heteroatoms. The Bertz CT molecular complexity index is 378. The van der Waals surface area contributed by atoms with Crippen LogP contribution in [0, 0.1) is 12.3 Å². The number of amides is 3. The van der Waals surface area contributed by atoms with E-state index < -0.39 is 18.5 Å². The van der Waals surface area contributed by atoms with Gasteiger partial charge in [-0.05, 0) is 0 Å². The van der Waals surface area contributed by atoms with E-state index in [1.165, 1.54) is 7.11 Å². The Kier molecular flexibility index (Phi) is 9.43. The molecule has 112 valence electrons. The number of hydrogen-bond acceptors (Lipinski definition) is 4. The second-order valence-corrected chi connectivity index (χ2v) is 3.78. The van der Waals surface area contributed by atoms with Gasteiger partial charge in [-0.1, -0.05) is 5.92 Å². The molecule has 0 aromatic heterocycles. The van der Waals surface area contributed by atoms with Crippen molar-refractivity contribution in [3.05, 3.63) is 0 Å². The van der Waals surface area contributed by atoms with Gasteiger partial charge in [-0.2, -0.15) is 0 Å². The van der Waals surface area contributed by atoms with E-state index in [2.05, 4.69) is 16.6 Å². The fraction of sp³-hybridized carbons (Fsp3) is 0.583. The number of urea groups is 1. The Labute approximate surface area is 117 Å². The van der Waals surface area contributed by atoms with Crippen LogP contribution < -0.4 is 10.6 Å². The smallest absolute Gasteiger partial charge is 0.323 e. The molecule has 0 atom stereocenters. The minimum absolute atomic E-state index is 0.0897. The van der Waals surface area contributed by atoms with Crippen LogP contribution in [0.5, 0.6) is 0 Å². The lowest BCUT2D eigenvalue weighted by Gasteiger charge is -2.18. The number of methoxy groups -OCH3 is 1. The molecule has 0 aliphatic rings. The summed E-state index contributed by atoms with van der Waals surface area (Å²) in [6.07, 6.45) is 5.14. The van der Waals surface area contributed by atoms with Crippen LogP contribution in [-0.4, -0.2) is 67.8 Å². The predicted molar refractivity (Wildman–Crippen MR) is 70.9 cm³/mol. The van der Waals surface area contributed by atoms with Crippen LogP contribution in [0.2, 0.25) is 0 Å². The maximum Gasteiger partial charge on any atom is 0.323 e. The third-order valence-electron chi connectivity index (χ3n) is 2.15. The SMILES string of the molecule is C#CCN(CC(=O)O)C(=O)NCCC(=O)NCCOC. The highest BCUT2D eigenvalue weighted by molar-refractivity contribution is 5.81. The van der Waals surface area contributed by atoms with Crippen molar-refractivity contribution in [2.24, 2.45) is 0 Å². The van der Waals surface area contributed by atoms with Crippen LogP contribution in [0.15, 0.2) is 0 Å². The molecule has 8 nitrogen and oxygen atoms in total. The molecule has 0 rings (SSSR count). The molecule has 0 aliphatic carbocycles. The minimum atomic E-state index is -1.16. The average Bonchev–Trinajstić information content (AvgIpc) is 2.38. The summed E-state index contributed by atoms with van der Waals surface area (Å²) in [7, 11) is 1.52. The van der Waals surface area contributed by atoms with Crippen LogP contribution in [0.4, 0.5) is 4.79 Å². The monoisotopic (exact) mass is 285 g/mol. The van der Waals surface area contributed by atoms with E-state index in [0.29, 0.717) is 13.2 Å². The first kappa shape index (κ1) is 17.7. The zero-order valence-corrected chi connectivity index (χ0v) is 11.3. The maximum absolute atomic E-state index is 11.6. The topological polar surface area (TPSA) is 108 Å². The lowest BCUT2D eigenvalue weighted by atomic mass is 10.4. The van der Waals surface area contributed by atoms with E-state index in [1.807, 2.05) is 0 Å². The summed E-state index contributed by atoms with van der Waals surface area (Å²) in [6, 6.07) is -0.616. The van der Waals surface area contributed by atoms with Gasteiger partial charge in [-0.15, -0.1) is 6.42 Å². The number of carbonyl (C=O) groups is 3. The number of terminal acetylenes is 1. The van der Waals surface area contributed by atoms with E-state index in [1.54, 1.807) is 0 Å². The average molecular weight is 285 g/mol. The Morgan fingerprint density at radius 1 is 1.30 bits per heavy atom. The quantitative estimate of drug-likeness (QED) is 0.367. The molecule has 0 heterocycles. The van der Waals surface area contributed by atoms with Crippen molar-refractivity contribution in [3.63, 3.8) is 0 Å². The lowest BCUT2D eigenvalue weighted by Crippen LogP contribution is -2.44. The maximum atomic E-state index is 11.6. The normalized spacial score (nSPS) is 9.40. The van der Waals surface area contributed by atoms with E-state index >= 15 is 0 Å². The third kappa shape index (κ3) is 8.77. The number of aliphatic carboxylic acids is 1. The Balaban J connectivity index is 3.97. The number of rotatable bonds is 9. The van der Waals surface area contributed by atoms with Gasteiger partial charge >= 0.3 is 12.0 Å². The fourth-order valence-corrected chi connectivity index (χ4v) is 1.25. The molecule has 0 aromatic carbocycles. The number of nitrogens with zero attached hydrogens (tertiary/aromatic N) is 1. The van der Waals surface area contributed by atoms with Crippen LogP contribution in [0.25, 0.3) is 0 Å². The Morgan fingerprint density at radius 3 is 2.55 bits per heavy atom. The standard InChI is InChI=1S/C12H19N3O5/c1-3-7-15(9-11(17)18)12(19)14-5-4-10(16)13-6-8-20-2/h1H,4-9H2,2H3,(H,13,16)(H,14,19)(H,17,18). The first-order valence-electron chi connectivity index (χ1n) is 5.95. The summed E-state index contributed by atoms with van der Waals surface area (Å²) in [5, 5.41) is 13.6. The predicted octanol–water partition coefficient (Wildman–Crippen LogP) is -1.13. The number of carboxylic acids is 1. The summed E-state index contributed by atoms with van der Waals surface area (Å²) >= 11 is 0. The number of nitrogens with one attached hydrogen (secondary N) is 2. The molecule has 0 saturated carbocycles. The van der Waals surface area contributed by atoms with Gasteiger partial charge in [0.25, 0.3) is 0 Å². The van der Waals surface area contributed by atoms with Crippen molar-refractivity contribution >= 4 is 17.9 Å². The van der Waals surface area contributed by atoms with Gasteiger partial charge in [0, 0.05) is 26.6 Å². The molecule has 20 heavy (non-hydrogen) atoms. The molecule has 0 aromatic rings. The molecule has 3 N–H and O–H groups in total. The molecule has 0 fully saturated rings. The van der Waals surface area contributed by atoms with Crippen molar-refractivity contribution in [3.8, 4) is 12.3 Å². The van der Waals surface area contributed by atoms with Crippen molar-refractivity contribution in [2.45, 2.75) is 6.42 Å². The molecule has 0 saturated heterocycles. The lowest BCUT2D eigenvalue weighted by molar-refractivity contribution is -0.137. The van der Waals surface area contributed by atoms with Gasteiger partial charge in [0.15, 0.2) is 0 Å². The second-order valence-electron chi connectivity index (χ2n) is 3.78. The molecular weight excluding hydrogens is 266 g/mol. The highest BCUT2D eigenvalue weighted by Gasteiger charge is 2.15. The van der Waals surface area contributed by atoms with Crippen molar-refractivity contribution in [1.29, 1.82) is 0 Å². The highest BCUT2D eigenvalue weighted by Crippen LogP contribution is 1.89. The molecule has 0 aliphatic heterocycles. The first-order valence-corrected chi connectivity index (χ1v) is 5.95. The van der Waals surface area contributed by atoms with Crippen LogP contribution in [0.3, 0.4) is 0 Å². The van der Waals surface area contributed by atoms with Crippen LogP contribution in [0.1, 0.15) is 6.42 Å². The molecule has 3 amide bonds. The summed E-state index contributed by atoms with van der Waals surface area (Å²) < 4.78 is 4.76. The van der Waals surface area contributed by atoms with E-state index in [9.17, 15) is 14.4 Å².